The molecular weight excluding hydrogens is 263 g/mol. The molecule has 0 fully saturated rings. The van der Waals surface area contributed by atoms with Gasteiger partial charge in [-0.05, 0) is 18.1 Å². The van der Waals surface area contributed by atoms with E-state index in [0.29, 0.717) is 0 Å². The fraction of sp³-hybridized carbons (Fsp3) is 0.250. The van der Waals surface area contributed by atoms with E-state index in [2.05, 4.69) is 5.32 Å². The lowest BCUT2D eigenvalue weighted by molar-refractivity contribution is -0.159. The van der Waals surface area contributed by atoms with Gasteiger partial charge in [0.05, 0.1) is 0 Å². The van der Waals surface area contributed by atoms with E-state index in [1.807, 2.05) is 30.3 Å². The van der Waals surface area contributed by atoms with Gasteiger partial charge in [0.1, 0.15) is 6.04 Å². The van der Waals surface area contributed by atoms with Gasteiger partial charge in [-0.15, -0.1) is 0 Å². The van der Waals surface area contributed by atoms with Crippen LogP contribution in [0.3, 0.4) is 0 Å². The SMILES string of the molecule is C[C@@H](NC(c1ccccc1)C(F)(F)F)c1ccccc1. The largest absolute Gasteiger partial charge is 0.407 e. The maximum absolute atomic E-state index is 13.2. The molecule has 4 heteroatoms. The van der Waals surface area contributed by atoms with Gasteiger partial charge < -0.3 is 0 Å². The molecule has 0 saturated heterocycles. The molecule has 2 rings (SSSR count). The average molecular weight is 279 g/mol. The molecule has 0 aromatic heterocycles. The number of nitrogens with one attached hydrogen (secondary N) is 1. The fourth-order valence-electron chi connectivity index (χ4n) is 2.11. The van der Waals surface area contributed by atoms with Gasteiger partial charge >= 0.3 is 6.18 Å². The molecule has 1 N–H and O–H groups in total. The molecule has 0 amide bonds. The predicted octanol–water partition coefficient (Wildman–Crippen LogP) is 4.64. The predicted molar refractivity (Wildman–Crippen MR) is 73.2 cm³/mol. The second kappa shape index (κ2) is 6.09. The smallest absolute Gasteiger partial charge is 0.296 e. The number of alkyl halides is 3. The van der Waals surface area contributed by atoms with E-state index >= 15 is 0 Å². The van der Waals surface area contributed by atoms with Crippen molar-refractivity contribution in [3.63, 3.8) is 0 Å². The van der Waals surface area contributed by atoms with Crippen LogP contribution in [0.25, 0.3) is 0 Å². The molecule has 2 aromatic rings. The van der Waals surface area contributed by atoms with Gasteiger partial charge in [-0.3, -0.25) is 5.32 Å². The Morgan fingerprint density at radius 1 is 0.800 bits per heavy atom. The molecule has 0 aliphatic rings. The van der Waals surface area contributed by atoms with Crippen molar-refractivity contribution in [3.05, 3.63) is 71.8 Å². The van der Waals surface area contributed by atoms with Crippen molar-refractivity contribution in [2.75, 3.05) is 0 Å². The van der Waals surface area contributed by atoms with Crippen LogP contribution in [0.15, 0.2) is 60.7 Å². The van der Waals surface area contributed by atoms with Gasteiger partial charge in [-0.2, -0.15) is 13.2 Å². The van der Waals surface area contributed by atoms with Crippen LogP contribution in [0, 0.1) is 0 Å². The number of hydrogen-bond acceptors (Lipinski definition) is 1. The van der Waals surface area contributed by atoms with Gasteiger partial charge in [-0.25, -0.2) is 0 Å². The lowest BCUT2D eigenvalue weighted by Crippen LogP contribution is -2.35. The number of hydrogen-bond donors (Lipinski definition) is 1. The summed E-state index contributed by atoms with van der Waals surface area (Å²) >= 11 is 0. The van der Waals surface area contributed by atoms with Crippen molar-refractivity contribution in [2.45, 2.75) is 25.2 Å². The molecule has 0 aliphatic carbocycles. The second-order valence-corrected chi connectivity index (χ2v) is 4.68. The van der Waals surface area contributed by atoms with Gasteiger partial charge in [0.15, 0.2) is 0 Å². The van der Waals surface area contributed by atoms with Gasteiger partial charge in [-0.1, -0.05) is 60.7 Å². The van der Waals surface area contributed by atoms with E-state index in [4.69, 9.17) is 0 Å². The monoisotopic (exact) mass is 279 g/mol. The van der Waals surface area contributed by atoms with Crippen molar-refractivity contribution in [1.82, 2.24) is 5.32 Å². The lowest BCUT2D eigenvalue weighted by Gasteiger charge is -2.26. The third-order valence-corrected chi connectivity index (χ3v) is 3.18. The summed E-state index contributed by atoms with van der Waals surface area (Å²) in [6, 6.07) is 15.0. The Morgan fingerprint density at radius 3 is 1.70 bits per heavy atom. The third kappa shape index (κ3) is 3.61. The van der Waals surface area contributed by atoms with Crippen LogP contribution >= 0.6 is 0 Å². The van der Waals surface area contributed by atoms with Crippen molar-refractivity contribution in [2.24, 2.45) is 0 Å². The second-order valence-electron chi connectivity index (χ2n) is 4.68. The molecule has 0 saturated carbocycles. The molecule has 1 nitrogen and oxygen atoms in total. The first-order chi connectivity index (χ1) is 9.48. The molecule has 0 bridgehead atoms. The minimum Gasteiger partial charge on any atom is -0.296 e. The van der Waals surface area contributed by atoms with Crippen molar-refractivity contribution < 1.29 is 13.2 Å². The van der Waals surface area contributed by atoms with Crippen LogP contribution in [-0.2, 0) is 0 Å². The molecule has 2 aromatic carbocycles. The lowest BCUT2D eigenvalue weighted by atomic mass is 10.0. The normalized spacial score (nSPS) is 14.8. The molecule has 0 spiro atoms. The molecular formula is C16H16F3N. The fourth-order valence-corrected chi connectivity index (χ4v) is 2.11. The Morgan fingerprint density at radius 2 is 1.25 bits per heavy atom. The van der Waals surface area contributed by atoms with Gasteiger partial charge in [0, 0.05) is 6.04 Å². The zero-order chi connectivity index (χ0) is 14.6. The Hall–Kier alpha value is -1.81. The quantitative estimate of drug-likeness (QED) is 0.859. The first-order valence-electron chi connectivity index (χ1n) is 6.41. The summed E-state index contributed by atoms with van der Waals surface area (Å²) in [5, 5.41) is 2.66. The zero-order valence-electron chi connectivity index (χ0n) is 11.1. The Labute approximate surface area is 116 Å². The van der Waals surface area contributed by atoms with E-state index < -0.39 is 12.2 Å². The number of halogens is 3. The van der Waals surface area contributed by atoms with E-state index in [9.17, 15) is 13.2 Å². The number of benzene rings is 2. The Balaban J connectivity index is 2.22. The average Bonchev–Trinajstić information content (AvgIpc) is 2.45. The van der Waals surface area contributed by atoms with E-state index in [-0.39, 0.29) is 11.6 Å². The maximum Gasteiger partial charge on any atom is 0.407 e. The molecule has 2 atom stereocenters. The van der Waals surface area contributed by atoms with Gasteiger partial charge in [0.25, 0.3) is 0 Å². The maximum atomic E-state index is 13.2. The summed E-state index contributed by atoms with van der Waals surface area (Å²) in [5.41, 5.74) is 1.06. The molecule has 20 heavy (non-hydrogen) atoms. The van der Waals surface area contributed by atoms with Crippen molar-refractivity contribution >= 4 is 0 Å². The molecule has 0 heterocycles. The van der Waals surface area contributed by atoms with E-state index in [0.717, 1.165) is 5.56 Å². The summed E-state index contributed by atoms with van der Waals surface area (Å²) in [5.74, 6) is 0. The Bertz CT molecular complexity index is 522. The van der Waals surface area contributed by atoms with Crippen LogP contribution in [0.1, 0.15) is 30.1 Å². The highest BCUT2D eigenvalue weighted by Crippen LogP contribution is 2.34. The van der Waals surface area contributed by atoms with Crippen LogP contribution in [0.2, 0.25) is 0 Å². The molecule has 106 valence electrons. The highest BCUT2D eigenvalue weighted by Gasteiger charge is 2.41. The summed E-state index contributed by atoms with van der Waals surface area (Å²) in [6.45, 7) is 1.73. The summed E-state index contributed by atoms with van der Waals surface area (Å²) < 4.78 is 39.7. The standard InChI is InChI=1S/C16H16F3N/c1-12(13-8-4-2-5-9-13)20-15(16(17,18)19)14-10-6-3-7-11-14/h2-12,15,20H,1H3/t12-,15?/m1/s1. The highest BCUT2D eigenvalue weighted by molar-refractivity contribution is 5.23. The van der Waals surface area contributed by atoms with E-state index in [1.54, 1.807) is 25.1 Å². The third-order valence-electron chi connectivity index (χ3n) is 3.18. The first-order valence-corrected chi connectivity index (χ1v) is 6.41. The summed E-state index contributed by atoms with van der Waals surface area (Å²) in [4.78, 5) is 0. The molecule has 0 aliphatic heterocycles. The van der Waals surface area contributed by atoms with Crippen LogP contribution < -0.4 is 5.32 Å². The molecule has 0 radical (unpaired) electrons. The first kappa shape index (κ1) is 14.6. The van der Waals surface area contributed by atoms with Crippen molar-refractivity contribution in [1.29, 1.82) is 0 Å². The van der Waals surface area contributed by atoms with Crippen LogP contribution in [0.4, 0.5) is 13.2 Å². The molecule has 1 unspecified atom stereocenters. The van der Waals surface area contributed by atoms with E-state index in [1.165, 1.54) is 12.1 Å². The van der Waals surface area contributed by atoms with Crippen LogP contribution in [-0.4, -0.2) is 6.18 Å². The van der Waals surface area contributed by atoms with Crippen molar-refractivity contribution in [3.8, 4) is 0 Å². The zero-order valence-corrected chi connectivity index (χ0v) is 11.1. The van der Waals surface area contributed by atoms with Crippen LogP contribution in [0.5, 0.6) is 0 Å². The Kier molecular flexibility index (Phi) is 4.45. The summed E-state index contributed by atoms with van der Waals surface area (Å²) in [7, 11) is 0. The minimum atomic E-state index is -4.33. The van der Waals surface area contributed by atoms with Gasteiger partial charge in [0.2, 0.25) is 0 Å². The topological polar surface area (TPSA) is 12.0 Å². The minimum absolute atomic E-state index is 0.225. The summed E-state index contributed by atoms with van der Waals surface area (Å²) in [6.07, 6.45) is -4.33. The number of rotatable bonds is 4. The highest BCUT2D eigenvalue weighted by atomic mass is 19.4.